The lowest BCUT2D eigenvalue weighted by molar-refractivity contribution is -0.213. The van der Waals surface area contributed by atoms with Crippen LogP contribution in [0.1, 0.15) is 0 Å². The Morgan fingerprint density at radius 1 is 1.50 bits per heavy atom. The normalized spacial score (nSPS) is 39.7. The van der Waals surface area contributed by atoms with E-state index < -0.39 is 5.79 Å². The monoisotopic (exact) mass is 201 g/mol. The van der Waals surface area contributed by atoms with E-state index in [0.29, 0.717) is 13.2 Å². The van der Waals surface area contributed by atoms with Crippen molar-refractivity contribution in [3.8, 4) is 0 Å². The lowest BCUT2D eigenvalue weighted by atomic mass is 10.0. The minimum absolute atomic E-state index is 0.0484. The number of fused-ring (bicyclic) bond motifs is 1. The predicted octanol–water partition coefficient (Wildman–Crippen LogP) is -0.839. The molecule has 0 aromatic rings. The Labute approximate surface area is 82.7 Å². The van der Waals surface area contributed by atoms with Crippen molar-refractivity contribution in [2.45, 2.75) is 17.9 Å². The second kappa shape index (κ2) is 3.58. The number of hydrogen-bond acceptors (Lipinski definition) is 5. The summed E-state index contributed by atoms with van der Waals surface area (Å²) in [5, 5.41) is 3.21. The van der Waals surface area contributed by atoms with Gasteiger partial charge in [0.15, 0.2) is 0 Å². The Balaban J connectivity index is 2.17. The molecule has 0 amide bonds. The highest BCUT2D eigenvalue weighted by atomic mass is 16.7. The van der Waals surface area contributed by atoms with Gasteiger partial charge in [0.2, 0.25) is 5.79 Å². The van der Waals surface area contributed by atoms with Gasteiger partial charge in [0.05, 0.1) is 18.1 Å². The van der Waals surface area contributed by atoms with E-state index in [2.05, 4.69) is 5.32 Å². The molecule has 2 fully saturated rings. The van der Waals surface area contributed by atoms with E-state index in [9.17, 15) is 4.79 Å². The topological polar surface area (TPSA) is 56.8 Å². The van der Waals surface area contributed by atoms with E-state index in [4.69, 9.17) is 14.2 Å². The first-order valence-corrected chi connectivity index (χ1v) is 4.68. The molecule has 14 heavy (non-hydrogen) atoms. The molecule has 0 radical (unpaired) electrons. The Bertz CT molecular complexity index is 229. The van der Waals surface area contributed by atoms with Crippen molar-refractivity contribution < 1.29 is 19.0 Å². The summed E-state index contributed by atoms with van der Waals surface area (Å²) in [6.07, 6.45) is 0.811. The molecule has 1 N–H and O–H groups in total. The number of nitrogens with one attached hydrogen (secondary N) is 1. The fourth-order valence-corrected chi connectivity index (χ4v) is 2.25. The molecule has 0 saturated carbocycles. The maximum absolute atomic E-state index is 10.7. The molecule has 0 bridgehead atoms. The number of ether oxygens (including phenoxy) is 3. The van der Waals surface area contributed by atoms with Crippen LogP contribution in [0.4, 0.5) is 0 Å². The predicted molar refractivity (Wildman–Crippen MR) is 47.8 cm³/mol. The molecule has 0 spiro atoms. The van der Waals surface area contributed by atoms with Crippen molar-refractivity contribution in [3.05, 3.63) is 0 Å². The number of carbonyl (C=O) groups excluding carboxylic acids is 1. The molecule has 2 heterocycles. The Morgan fingerprint density at radius 2 is 2.21 bits per heavy atom. The molecule has 2 saturated heterocycles. The van der Waals surface area contributed by atoms with Crippen molar-refractivity contribution in [2.75, 3.05) is 27.4 Å². The summed E-state index contributed by atoms with van der Waals surface area (Å²) in [4.78, 5) is 10.7. The molecule has 0 aromatic heterocycles. The molecule has 80 valence electrons. The van der Waals surface area contributed by atoms with E-state index in [1.54, 1.807) is 14.2 Å². The van der Waals surface area contributed by atoms with Crippen LogP contribution < -0.4 is 5.32 Å². The summed E-state index contributed by atoms with van der Waals surface area (Å²) in [6, 6.07) is -0.0484. The minimum Gasteiger partial charge on any atom is -0.370 e. The maximum Gasteiger partial charge on any atom is 0.209 e. The smallest absolute Gasteiger partial charge is 0.209 e. The first kappa shape index (κ1) is 10.0. The van der Waals surface area contributed by atoms with Gasteiger partial charge < -0.3 is 24.3 Å². The Hall–Kier alpha value is -0.490. The number of carbonyl (C=O) groups is 1. The molecule has 0 aliphatic carbocycles. The minimum atomic E-state index is -0.734. The van der Waals surface area contributed by atoms with Gasteiger partial charge >= 0.3 is 0 Å². The van der Waals surface area contributed by atoms with Crippen LogP contribution in [0.5, 0.6) is 0 Å². The molecule has 3 unspecified atom stereocenters. The lowest BCUT2D eigenvalue weighted by Crippen LogP contribution is -2.51. The van der Waals surface area contributed by atoms with E-state index >= 15 is 0 Å². The van der Waals surface area contributed by atoms with Gasteiger partial charge in [-0.1, -0.05) is 0 Å². The average molecular weight is 201 g/mol. The van der Waals surface area contributed by atoms with E-state index in [0.717, 1.165) is 6.29 Å². The van der Waals surface area contributed by atoms with Crippen LogP contribution in [0.3, 0.4) is 0 Å². The van der Waals surface area contributed by atoms with Crippen molar-refractivity contribution >= 4 is 6.29 Å². The van der Waals surface area contributed by atoms with Gasteiger partial charge in [-0.15, -0.1) is 0 Å². The van der Waals surface area contributed by atoms with Crippen molar-refractivity contribution in [1.29, 1.82) is 0 Å². The van der Waals surface area contributed by atoms with Gasteiger partial charge in [-0.3, -0.25) is 0 Å². The summed E-state index contributed by atoms with van der Waals surface area (Å²) in [5.41, 5.74) is 0. The van der Waals surface area contributed by atoms with Gasteiger partial charge in [0.1, 0.15) is 12.9 Å². The van der Waals surface area contributed by atoms with Crippen LogP contribution in [-0.4, -0.2) is 51.6 Å². The second-order valence-electron chi connectivity index (χ2n) is 3.68. The van der Waals surface area contributed by atoms with Crippen LogP contribution in [0.2, 0.25) is 0 Å². The zero-order valence-corrected chi connectivity index (χ0v) is 8.36. The summed E-state index contributed by atoms with van der Waals surface area (Å²) in [6.45, 7) is 1.000. The zero-order valence-electron chi connectivity index (χ0n) is 8.36. The summed E-state index contributed by atoms with van der Waals surface area (Å²) in [5.74, 6) is -0.824. The van der Waals surface area contributed by atoms with Crippen LogP contribution in [-0.2, 0) is 19.0 Å². The van der Waals surface area contributed by atoms with Gasteiger partial charge in [-0.2, -0.15) is 0 Å². The number of aldehydes is 1. The van der Waals surface area contributed by atoms with Crippen molar-refractivity contribution in [3.63, 3.8) is 0 Å². The highest BCUT2D eigenvalue weighted by Crippen LogP contribution is 2.35. The Kier molecular flexibility index (Phi) is 2.57. The van der Waals surface area contributed by atoms with Gasteiger partial charge in [-0.25, -0.2) is 0 Å². The number of rotatable bonds is 3. The maximum atomic E-state index is 10.7. The highest BCUT2D eigenvalue weighted by Gasteiger charge is 2.56. The zero-order chi connectivity index (χ0) is 10.2. The number of hydrogen-bond donors (Lipinski definition) is 1. The second-order valence-corrected chi connectivity index (χ2v) is 3.68. The molecular weight excluding hydrogens is 186 g/mol. The molecular formula is C9H15NO4. The van der Waals surface area contributed by atoms with Gasteiger partial charge in [-0.05, 0) is 0 Å². The van der Waals surface area contributed by atoms with Gasteiger partial charge in [0, 0.05) is 20.8 Å². The molecule has 0 aromatic carbocycles. The van der Waals surface area contributed by atoms with Crippen molar-refractivity contribution in [2.24, 2.45) is 5.92 Å². The fourth-order valence-electron chi connectivity index (χ4n) is 2.25. The van der Waals surface area contributed by atoms with E-state index in [1.807, 2.05) is 0 Å². The third kappa shape index (κ3) is 1.20. The summed E-state index contributed by atoms with van der Waals surface area (Å²) >= 11 is 0. The third-order valence-corrected chi connectivity index (χ3v) is 3.14. The van der Waals surface area contributed by atoms with Crippen LogP contribution in [0.15, 0.2) is 0 Å². The van der Waals surface area contributed by atoms with E-state index in [1.165, 1.54) is 0 Å². The third-order valence-electron chi connectivity index (χ3n) is 3.14. The van der Waals surface area contributed by atoms with Gasteiger partial charge in [0.25, 0.3) is 0 Å². The summed E-state index contributed by atoms with van der Waals surface area (Å²) in [7, 11) is 3.18. The van der Waals surface area contributed by atoms with E-state index in [-0.39, 0.29) is 18.1 Å². The molecule has 5 nitrogen and oxygen atoms in total. The highest BCUT2D eigenvalue weighted by molar-refractivity contribution is 5.56. The average Bonchev–Trinajstić information content (AvgIpc) is 2.77. The molecule has 2 aliphatic heterocycles. The standard InChI is InChI=1S/C9H15NO4/c1-12-9(13-2)5-14-7-6(4-11)3-10-8(7)9/h4,6-8,10H,3,5H2,1-2H3. The fraction of sp³-hybridized carbons (Fsp3) is 0.889. The quantitative estimate of drug-likeness (QED) is 0.476. The van der Waals surface area contributed by atoms with Crippen LogP contribution >= 0.6 is 0 Å². The summed E-state index contributed by atoms with van der Waals surface area (Å²) < 4.78 is 16.2. The van der Waals surface area contributed by atoms with Crippen LogP contribution in [0.25, 0.3) is 0 Å². The molecule has 3 atom stereocenters. The molecule has 5 heteroatoms. The first-order chi connectivity index (χ1) is 6.77. The lowest BCUT2D eigenvalue weighted by Gasteiger charge is -2.29. The molecule has 2 rings (SSSR count). The largest absolute Gasteiger partial charge is 0.370 e. The van der Waals surface area contributed by atoms with Crippen LogP contribution in [0, 0.1) is 5.92 Å². The Morgan fingerprint density at radius 3 is 2.79 bits per heavy atom. The van der Waals surface area contributed by atoms with Crippen molar-refractivity contribution in [1.82, 2.24) is 5.32 Å². The SMILES string of the molecule is COC1(OC)COC2C(C=O)CNC21. The number of methoxy groups -OCH3 is 2. The molecule has 2 aliphatic rings. The first-order valence-electron chi connectivity index (χ1n) is 4.68.